The Morgan fingerprint density at radius 3 is 2.77 bits per heavy atom. The average Bonchev–Trinajstić information content (AvgIpc) is 2.47. The molecule has 0 atom stereocenters. The molecule has 0 saturated carbocycles. The summed E-state index contributed by atoms with van der Waals surface area (Å²) in [7, 11) is 1.79. The van der Waals surface area contributed by atoms with E-state index in [4.69, 9.17) is 4.52 Å². The lowest BCUT2D eigenvalue weighted by Crippen LogP contribution is -2.27. The van der Waals surface area contributed by atoms with E-state index in [0.717, 1.165) is 31.6 Å². The third-order valence-electron chi connectivity index (χ3n) is 2.61. The summed E-state index contributed by atoms with van der Waals surface area (Å²) in [5, 5.41) is 3.29. The molecule has 2 heterocycles. The van der Waals surface area contributed by atoms with Gasteiger partial charge in [0, 0.05) is 19.0 Å². The number of piperidine rings is 1. The van der Waals surface area contributed by atoms with E-state index in [9.17, 15) is 4.79 Å². The molecule has 0 aromatic carbocycles. The molecule has 0 spiro atoms. The van der Waals surface area contributed by atoms with E-state index in [1.165, 1.54) is 0 Å². The first-order valence-electron chi connectivity index (χ1n) is 4.65. The highest BCUT2D eigenvalue weighted by atomic mass is 16.5. The van der Waals surface area contributed by atoms with E-state index < -0.39 is 0 Å². The van der Waals surface area contributed by atoms with Crippen LogP contribution in [-0.4, -0.2) is 17.8 Å². The number of rotatable bonds is 1. The molecule has 2 rings (SSSR count). The molecule has 0 amide bonds. The summed E-state index contributed by atoms with van der Waals surface area (Å²) in [6.07, 6.45) is 2.18. The molecule has 4 nitrogen and oxygen atoms in total. The zero-order valence-electron chi connectivity index (χ0n) is 7.75. The molecule has 0 radical (unpaired) electrons. The van der Waals surface area contributed by atoms with Gasteiger partial charge in [-0.05, 0) is 25.9 Å². The van der Waals surface area contributed by atoms with Crippen molar-refractivity contribution in [2.45, 2.75) is 18.8 Å². The number of hydrogen-bond acceptors (Lipinski definition) is 3. The van der Waals surface area contributed by atoms with E-state index in [1.54, 1.807) is 17.9 Å². The van der Waals surface area contributed by atoms with Crippen LogP contribution in [0.2, 0.25) is 0 Å². The van der Waals surface area contributed by atoms with Crippen LogP contribution in [0.5, 0.6) is 0 Å². The van der Waals surface area contributed by atoms with Crippen molar-refractivity contribution in [3.8, 4) is 0 Å². The Hall–Kier alpha value is -1.03. The van der Waals surface area contributed by atoms with Crippen molar-refractivity contribution >= 4 is 0 Å². The third kappa shape index (κ3) is 1.67. The zero-order chi connectivity index (χ0) is 9.26. The van der Waals surface area contributed by atoms with Gasteiger partial charge in [-0.15, -0.1) is 0 Å². The Kier molecular flexibility index (Phi) is 2.22. The summed E-state index contributed by atoms with van der Waals surface area (Å²) in [6.45, 7) is 2.06. The maximum Gasteiger partial charge on any atom is 0.357 e. The Balaban J connectivity index is 2.23. The zero-order valence-corrected chi connectivity index (χ0v) is 7.75. The highest BCUT2D eigenvalue weighted by Crippen LogP contribution is 2.23. The summed E-state index contributed by atoms with van der Waals surface area (Å²) in [5.41, 5.74) is 0.794. The van der Waals surface area contributed by atoms with Gasteiger partial charge in [0.25, 0.3) is 0 Å². The molecule has 1 fully saturated rings. The molecule has 1 N–H and O–H groups in total. The van der Waals surface area contributed by atoms with Crippen LogP contribution >= 0.6 is 0 Å². The molecule has 0 aliphatic carbocycles. The summed E-state index contributed by atoms with van der Waals surface area (Å²) in [5.74, 6) is 0.484. The second-order valence-electron chi connectivity index (χ2n) is 3.50. The molecule has 13 heavy (non-hydrogen) atoms. The Bertz CT molecular complexity index is 334. The molecule has 1 saturated heterocycles. The third-order valence-corrected chi connectivity index (χ3v) is 2.61. The van der Waals surface area contributed by atoms with Crippen LogP contribution in [0.15, 0.2) is 15.4 Å². The minimum Gasteiger partial charge on any atom is -0.337 e. The van der Waals surface area contributed by atoms with Crippen molar-refractivity contribution < 1.29 is 4.52 Å². The van der Waals surface area contributed by atoms with Gasteiger partial charge in [-0.25, -0.2) is 9.53 Å². The Labute approximate surface area is 76.5 Å². The lowest BCUT2D eigenvalue weighted by Gasteiger charge is -2.21. The van der Waals surface area contributed by atoms with Gasteiger partial charge in [0.1, 0.15) is 0 Å². The van der Waals surface area contributed by atoms with Crippen molar-refractivity contribution in [1.82, 2.24) is 10.1 Å². The Morgan fingerprint density at radius 2 is 2.23 bits per heavy atom. The largest absolute Gasteiger partial charge is 0.357 e. The minimum absolute atomic E-state index is 0.240. The average molecular weight is 182 g/mol. The highest BCUT2D eigenvalue weighted by molar-refractivity contribution is 5.07. The molecule has 72 valence electrons. The predicted octanol–water partition coefficient (Wildman–Crippen LogP) is 0.445. The normalized spacial score (nSPS) is 19.2. The van der Waals surface area contributed by atoms with Crippen molar-refractivity contribution in [1.29, 1.82) is 0 Å². The fraction of sp³-hybridized carbons (Fsp3) is 0.667. The SMILES string of the molecule is Cn1oc(=O)cc1C1CCNCC1. The van der Waals surface area contributed by atoms with Crippen molar-refractivity contribution in [3.05, 3.63) is 22.2 Å². The number of nitrogens with zero attached hydrogens (tertiary/aromatic N) is 1. The van der Waals surface area contributed by atoms with Crippen LogP contribution in [0.3, 0.4) is 0 Å². The maximum atomic E-state index is 11.0. The van der Waals surface area contributed by atoms with Crippen LogP contribution < -0.4 is 10.9 Å². The summed E-state index contributed by atoms with van der Waals surface area (Å²) in [4.78, 5) is 11.0. The highest BCUT2D eigenvalue weighted by Gasteiger charge is 2.19. The van der Waals surface area contributed by atoms with Gasteiger partial charge in [0.2, 0.25) is 0 Å². The number of nitrogens with one attached hydrogen (secondary N) is 1. The fourth-order valence-corrected chi connectivity index (χ4v) is 1.92. The predicted molar refractivity (Wildman–Crippen MR) is 48.8 cm³/mol. The van der Waals surface area contributed by atoms with Crippen LogP contribution in [0.25, 0.3) is 0 Å². The molecule has 1 aliphatic rings. The van der Waals surface area contributed by atoms with Crippen molar-refractivity contribution in [2.75, 3.05) is 13.1 Å². The number of hydrogen-bond donors (Lipinski definition) is 1. The standard InChI is InChI=1S/C9H14N2O2/c1-11-8(6-9(12)13-11)7-2-4-10-5-3-7/h6-7,10H,2-5H2,1H3. The van der Waals surface area contributed by atoms with E-state index >= 15 is 0 Å². The van der Waals surface area contributed by atoms with Crippen molar-refractivity contribution in [2.24, 2.45) is 7.05 Å². The van der Waals surface area contributed by atoms with Gasteiger partial charge in [-0.3, -0.25) is 0 Å². The van der Waals surface area contributed by atoms with Crippen LogP contribution in [-0.2, 0) is 7.05 Å². The lowest BCUT2D eigenvalue weighted by molar-refractivity contribution is 0.266. The number of aryl methyl sites for hydroxylation is 1. The maximum absolute atomic E-state index is 11.0. The molecule has 1 aromatic heterocycles. The second kappa shape index (κ2) is 3.38. The lowest BCUT2D eigenvalue weighted by atomic mass is 9.95. The Morgan fingerprint density at radius 1 is 1.54 bits per heavy atom. The second-order valence-corrected chi connectivity index (χ2v) is 3.50. The van der Waals surface area contributed by atoms with Gasteiger partial charge in [-0.2, -0.15) is 0 Å². The van der Waals surface area contributed by atoms with Gasteiger partial charge in [0.15, 0.2) is 0 Å². The first kappa shape index (κ1) is 8.56. The van der Waals surface area contributed by atoms with Gasteiger partial charge in [0.05, 0.1) is 5.69 Å². The minimum atomic E-state index is -0.240. The van der Waals surface area contributed by atoms with E-state index in [0.29, 0.717) is 5.92 Å². The summed E-state index contributed by atoms with van der Waals surface area (Å²) < 4.78 is 6.50. The first-order chi connectivity index (χ1) is 6.27. The molecule has 1 aromatic rings. The van der Waals surface area contributed by atoms with Crippen LogP contribution in [0.4, 0.5) is 0 Å². The molecule has 1 aliphatic heterocycles. The van der Waals surface area contributed by atoms with E-state index in [1.807, 2.05) is 0 Å². The molecular formula is C9H14N2O2. The van der Waals surface area contributed by atoms with Crippen LogP contribution in [0, 0.1) is 0 Å². The monoisotopic (exact) mass is 182 g/mol. The van der Waals surface area contributed by atoms with Crippen LogP contribution in [0.1, 0.15) is 24.5 Å². The smallest absolute Gasteiger partial charge is 0.337 e. The fourth-order valence-electron chi connectivity index (χ4n) is 1.92. The molecule has 0 bridgehead atoms. The summed E-state index contributed by atoms with van der Waals surface area (Å²) in [6, 6.07) is 1.61. The van der Waals surface area contributed by atoms with Gasteiger partial charge < -0.3 is 9.84 Å². The molecule has 4 heteroatoms. The van der Waals surface area contributed by atoms with Crippen molar-refractivity contribution in [3.63, 3.8) is 0 Å². The quantitative estimate of drug-likeness (QED) is 0.685. The van der Waals surface area contributed by atoms with E-state index in [2.05, 4.69) is 5.32 Å². The van der Waals surface area contributed by atoms with Gasteiger partial charge >= 0.3 is 5.63 Å². The number of aromatic nitrogens is 1. The topological polar surface area (TPSA) is 47.2 Å². The van der Waals surface area contributed by atoms with Gasteiger partial charge in [-0.1, -0.05) is 0 Å². The molecular weight excluding hydrogens is 168 g/mol. The first-order valence-corrected chi connectivity index (χ1v) is 4.65. The molecule has 0 unspecified atom stereocenters. The summed E-state index contributed by atoms with van der Waals surface area (Å²) >= 11 is 0. The van der Waals surface area contributed by atoms with E-state index in [-0.39, 0.29) is 5.63 Å².